The lowest BCUT2D eigenvalue weighted by atomic mass is 9.95. The third-order valence-electron chi connectivity index (χ3n) is 4.86. The highest BCUT2D eigenvalue weighted by molar-refractivity contribution is 9.10. The molecule has 136 valence electrons. The summed E-state index contributed by atoms with van der Waals surface area (Å²) in [5.41, 5.74) is 0. The van der Waals surface area contributed by atoms with Crippen molar-refractivity contribution in [2.75, 3.05) is 32.8 Å². The quantitative estimate of drug-likeness (QED) is 0.763. The van der Waals surface area contributed by atoms with Crippen molar-refractivity contribution in [3.05, 3.63) is 28.5 Å². The summed E-state index contributed by atoms with van der Waals surface area (Å²) in [6.45, 7) is 2.64. The lowest BCUT2D eigenvalue weighted by molar-refractivity contribution is -0.140. The molecule has 7 heteroatoms. The zero-order valence-corrected chi connectivity index (χ0v) is 15.6. The molecule has 1 aromatic carbocycles. The molecule has 2 aliphatic heterocycles. The van der Waals surface area contributed by atoms with Gasteiger partial charge in [-0.3, -0.25) is 9.59 Å². The summed E-state index contributed by atoms with van der Waals surface area (Å²) in [7, 11) is 0. The van der Waals surface area contributed by atoms with Crippen molar-refractivity contribution in [1.29, 1.82) is 0 Å². The van der Waals surface area contributed by atoms with Crippen LogP contribution in [0.1, 0.15) is 25.7 Å². The zero-order chi connectivity index (χ0) is 17.8. The summed E-state index contributed by atoms with van der Waals surface area (Å²) < 4.78 is 19.6. The number of carbonyl (C=O) groups excluding carboxylic acids is 2. The average Bonchev–Trinajstić information content (AvgIpc) is 3.15. The van der Waals surface area contributed by atoms with Crippen LogP contribution in [0, 0.1) is 11.7 Å². The molecule has 5 nitrogen and oxygen atoms in total. The summed E-state index contributed by atoms with van der Waals surface area (Å²) in [4.78, 5) is 28.3. The molecule has 0 bridgehead atoms. The first-order valence-corrected chi connectivity index (χ1v) is 9.48. The monoisotopic (exact) mass is 412 g/mol. The highest BCUT2D eigenvalue weighted by Crippen LogP contribution is 2.23. The molecule has 0 saturated carbocycles. The molecule has 25 heavy (non-hydrogen) atoms. The second kappa shape index (κ2) is 8.17. The van der Waals surface area contributed by atoms with Gasteiger partial charge in [0.05, 0.1) is 0 Å². The van der Waals surface area contributed by atoms with E-state index in [1.54, 1.807) is 11.0 Å². The molecule has 0 radical (unpaired) electrons. The lowest BCUT2D eigenvalue weighted by Gasteiger charge is -2.33. The smallest absolute Gasteiger partial charge is 0.260 e. The molecule has 2 saturated heterocycles. The Kier molecular flexibility index (Phi) is 5.93. The number of ether oxygens (including phenoxy) is 1. The molecule has 1 aromatic rings. The van der Waals surface area contributed by atoms with E-state index >= 15 is 0 Å². The first-order valence-electron chi connectivity index (χ1n) is 8.69. The molecule has 2 aliphatic rings. The summed E-state index contributed by atoms with van der Waals surface area (Å²) in [5.74, 6) is -0.355. The van der Waals surface area contributed by atoms with E-state index in [9.17, 15) is 14.0 Å². The molecule has 2 heterocycles. The van der Waals surface area contributed by atoms with Gasteiger partial charge in [0.2, 0.25) is 5.91 Å². The Hall–Kier alpha value is -1.63. The maximum absolute atomic E-state index is 13.7. The van der Waals surface area contributed by atoms with Crippen LogP contribution in [0.2, 0.25) is 0 Å². The molecule has 0 atom stereocenters. The van der Waals surface area contributed by atoms with E-state index in [1.165, 1.54) is 12.1 Å². The third kappa shape index (κ3) is 4.51. The van der Waals surface area contributed by atoms with Crippen molar-refractivity contribution in [3.63, 3.8) is 0 Å². The fourth-order valence-corrected chi connectivity index (χ4v) is 3.73. The number of amides is 2. The molecule has 0 aromatic heterocycles. The number of likely N-dealkylation sites (tertiary alicyclic amines) is 2. The largest absolute Gasteiger partial charge is 0.481 e. The van der Waals surface area contributed by atoms with Gasteiger partial charge in [-0.2, -0.15) is 0 Å². The highest BCUT2D eigenvalue weighted by atomic mass is 79.9. The molecule has 0 spiro atoms. The summed E-state index contributed by atoms with van der Waals surface area (Å²) in [5, 5.41) is 0. The van der Waals surface area contributed by atoms with E-state index in [0.29, 0.717) is 30.4 Å². The Labute approximate surface area is 155 Å². The molecule has 0 aliphatic carbocycles. The topological polar surface area (TPSA) is 49.9 Å². The van der Waals surface area contributed by atoms with Crippen LogP contribution in [-0.2, 0) is 9.59 Å². The van der Waals surface area contributed by atoms with Crippen molar-refractivity contribution in [2.45, 2.75) is 25.7 Å². The Morgan fingerprint density at radius 3 is 2.44 bits per heavy atom. The lowest BCUT2D eigenvalue weighted by Crippen LogP contribution is -2.45. The Balaban J connectivity index is 1.45. The Morgan fingerprint density at radius 1 is 1.12 bits per heavy atom. The number of piperidine rings is 1. The highest BCUT2D eigenvalue weighted by Gasteiger charge is 2.31. The second-order valence-corrected chi connectivity index (χ2v) is 7.47. The van der Waals surface area contributed by atoms with E-state index in [2.05, 4.69) is 15.9 Å². The standard InChI is InChI=1S/C18H22BrFN2O3/c19-14-3-4-16(15(20)11-14)25-12-17(23)21-9-5-13(6-10-21)18(24)22-7-1-2-8-22/h3-4,11,13H,1-2,5-10,12H2. The molecule has 2 fully saturated rings. The van der Waals surface area contributed by atoms with Crippen LogP contribution in [0.15, 0.2) is 22.7 Å². The maximum Gasteiger partial charge on any atom is 0.260 e. The maximum atomic E-state index is 13.7. The third-order valence-corrected chi connectivity index (χ3v) is 5.35. The predicted molar refractivity (Wildman–Crippen MR) is 94.7 cm³/mol. The van der Waals surface area contributed by atoms with E-state index in [0.717, 1.165) is 25.9 Å². The van der Waals surface area contributed by atoms with Crippen molar-refractivity contribution in [1.82, 2.24) is 9.80 Å². The van der Waals surface area contributed by atoms with E-state index in [4.69, 9.17) is 4.74 Å². The second-order valence-electron chi connectivity index (χ2n) is 6.55. The number of carbonyl (C=O) groups is 2. The molecular formula is C18H22BrFN2O3. The predicted octanol–water partition coefficient (Wildman–Crippen LogP) is 2.83. The van der Waals surface area contributed by atoms with Crippen LogP contribution < -0.4 is 4.74 Å². The molecule has 2 amide bonds. The van der Waals surface area contributed by atoms with Crippen LogP contribution in [0.3, 0.4) is 0 Å². The van der Waals surface area contributed by atoms with Gasteiger partial charge in [-0.15, -0.1) is 0 Å². The first-order chi connectivity index (χ1) is 12.0. The normalized spacial score (nSPS) is 18.5. The zero-order valence-electron chi connectivity index (χ0n) is 14.0. The number of rotatable bonds is 4. The molecular weight excluding hydrogens is 391 g/mol. The van der Waals surface area contributed by atoms with Gasteiger partial charge >= 0.3 is 0 Å². The summed E-state index contributed by atoms with van der Waals surface area (Å²) in [6.07, 6.45) is 3.56. The molecule has 0 unspecified atom stereocenters. The van der Waals surface area contributed by atoms with Crippen molar-refractivity contribution in [2.24, 2.45) is 5.92 Å². The Morgan fingerprint density at radius 2 is 1.80 bits per heavy atom. The molecule has 0 N–H and O–H groups in total. The average molecular weight is 413 g/mol. The van der Waals surface area contributed by atoms with E-state index in [1.807, 2.05) is 4.90 Å². The van der Waals surface area contributed by atoms with E-state index in [-0.39, 0.29) is 30.1 Å². The van der Waals surface area contributed by atoms with Gasteiger partial charge < -0.3 is 14.5 Å². The Bertz CT molecular complexity index is 641. The first kappa shape index (κ1) is 18.2. The van der Waals surface area contributed by atoms with Crippen LogP contribution in [0.25, 0.3) is 0 Å². The van der Waals surface area contributed by atoms with Gasteiger partial charge in [0.15, 0.2) is 18.2 Å². The van der Waals surface area contributed by atoms with Crippen molar-refractivity contribution >= 4 is 27.7 Å². The number of nitrogens with zero attached hydrogens (tertiary/aromatic N) is 2. The minimum Gasteiger partial charge on any atom is -0.481 e. The van der Waals surface area contributed by atoms with Gasteiger partial charge in [-0.25, -0.2) is 4.39 Å². The van der Waals surface area contributed by atoms with Crippen molar-refractivity contribution in [3.8, 4) is 5.75 Å². The van der Waals surface area contributed by atoms with E-state index < -0.39 is 5.82 Å². The SMILES string of the molecule is O=C(COc1ccc(Br)cc1F)N1CCC(C(=O)N2CCCC2)CC1. The van der Waals surface area contributed by atoms with Crippen LogP contribution in [0.4, 0.5) is 4.39 Å². The minimum absolute atomic E-state index is 0.0204. The van der Waals surface area contributed by atoms with Gasteiger partial charge in [0.25, 0.3) is 5.91 Å². The van der Waals surface area contributed by atoms with Crippen molar-refractivity contribution < 1.29 is 18.7 Å². The number of hydrogen-bond acceptors (Lipinski definition) is 3. The molecule has 3 rings (SSSR count). The summed E-state index contributed by atoms with van der Waals surface area (Å²) >= 11 is 3.18. The fraction of sp³-hybridized carbons (Fsp3) is 0.556. The fourth-order valence-electron chi connectivity index (χ4n) is 3.39. The minimum atomic E-state index is -0.503. The number of benzene rings is 1. The number of hydrogen-bond donors (Lipinski definition) is 0. The van der Waals surface area contributed by atoms with Gasteiger partial charge in [0.1, 0.15) is 0 Å². The van der Waals surface area contributed by atoms with Gasteiger partial charge in [-0.05, 0) is 43.9 Å². The van der Waals surface area contributed by atoms with Gasteiger partial charge in [-0.1, -0.05) is 15.9 Å². The van der Waals surface area contributed by atoms with Crippen LogP contribution >= 0.6 is 15.9 Å². The van der Waals surface area contributed by atoms with Crippen LogP contribution in [-0.4, -0.2) is 54.4 Å². The number of halogens is 2. The summed E-state index contributed by atoms with van der Waals surface area (Å²) in [6, 6.07) is 4.46. The van der Waals surface area contributed by atoms with Gasteiger partial charge in [0, 0.05) is 36.6 Å². The van der Waals surface area contributed by atoms with Crippen LogP contribution in [0.5, 0.6) is 5.75 Å².